The lowest BCUT2D eigenvalue weighted by Crippen LogP contribution is -1.99. The fourth-order valence-corrected chi connectivity index (χ4v) is 1.63. The number of tetrazole rings is 1. The van der Waals surface area contributed by atoms with Crippen LogP contribution in [0.15, 0.2) is 24.3 Å². The quantitative estimate of drug-likeness (QED) is 0.742. The zero-order valence-electron chi connectivity index (χ0n) is 8.17. The molecule has 1 aliphatic carbocycles. The summed E-state index contributed by atoms with van der Waals surface area (Å²) < 4.78 is 1.88. The van der Waals surface area contributed by atoms with Crippen LogP contribution in [0.4, 0.5) is 5.69 Å². The van der Waals surface area contributed by atoms with Gasteiger partial charge in [-0.25, -0.2) is 4.68 Å². The van der Waals surface area contributed by atoms with Gasteiger partial charge in [0.1, 0.15) is 0 Å². The zero-order chi connectivity index (χ0) is 10.3. The molecule has 0 unspecified atom stereocenters. The van der Waals surface area contributed by atoms with E-state index in [-0.39, 0.29) is 0 Å². The first-order valence-electron chi connectivity index (χ1n) is 4.98. The second kappa shape index (κ2) is 3.05. The SMILES string of the molecule is Nc1cccc(-c2nnnn2C2CC2)c1. The Bertz CT molecular complexity index is 486. The highest BCUT2D eigenvalue weighted by molar-refractivity contribution is 5.60. The van der Waals surface area contributed by atoms with Gasteiger partial charge in [-0.05, 0) is 35.4 Å². The van der Waals surface area contributed by atoms with Crippen molar-refractivity contribution in [1.82, 2.24) is 20.2 Å². The zero-order valence-corrected chi connectivity index (χ0v) is 8.17. The standard InChI is InChI=1S/C10H11N5/c11-8-3-1-2-7(6-8)10-12-13-14-15(10)9-4-5-9/h1-3,6,9H,4-5,11H2. The second-order valence-electron chi connectivity index (χ2n) is 3.80. The van der Waals surface area contributed by atoms with Crippen molar-refractivity contribution in [1.29, 1.82) is 0 Å². The lowest BCUT2D eigenvalue weighted by Gasteiger charge is -2.02. The molecule has 0 amide bonds. The molecule has 1 aromatic heterocycles. The van der Waals surface area contributed by atoms with Crippen molar-refractivity contribution in [3.63, 3.8) is 0 Å². The Balaban J connectivity index is 2.07. The van der Waals surface area contributed by atoms with Gasteiger partial charge in [-0.15, -0.1) is 5.10 Å². The van der Waals surface area contributed by atoms with E-state index in [0.717, 1.165) is 17.1 Å². The minimum Gasteiger partial charge on any atom is -0.399 e. The number of nitrogens with two attached hydrogens (primary N) is 1. The van der Waals surface area contributed by atoms with E-state index < -0.39 is 0 Å². The van der Waals surface area contributed by atoms with E-state index in [1.807, 2.05) is 28.9 Å². The van der Waals surface area contributed by atoms with Crippen LogP contribution in [-0.4, -0.2) is 20.2 Å². The Morgan fingerprint density at radius 1 is 1.33 bits per heavy atom. The molecule has 5 nitrogen and oxygen atoms in total. The molecule has 1 saturated carbocycles. The molecule has 0 bridgehead atoms. The van der Waals surface area contributed by atoms with E-state index in [1.165, 1.54) is 12.8 Å². The van der Waals surface area contributed by atoms with E-state index >= 15 is 0 Å². The number of nitrogens with zero attached hydrogens (tertiary/aromatic N) is 4. The third kappa shape index (κ3) is 1.45. The number of anilines is 1. The summed E-state index contributed by atoms with van der Waals surface area (Å²) >= 11 is 0. The van der Waals surface area contributed by atoms with Crippen LogP contribution in [0.2, 0.25) is 0 Å². The highest BCUT2D eigenvalue weighted by Gasteiger charge is 2.28. The van der Waals surface area contributed by atoms with Gasteiger partial charge in [0.25, 0.3) is 0 Å². The fraction of sp³-hybridized carbons (Fsp3) is 0.300. The summed E-state index contributed by atoms with van der Waals surface area (Å²) in [6.45, 7) is 0. The predicted molar refractivity (Wildman–Crippen MR) is 55.9 cm³/mol. The lowest BCUT2D eigenvalue weighted by molar-refractivity contribution is 0.615. The maximum Gasteiger partial charge on any atom is 0.182 e. The van der Waals surface area contributed by atoms with Gasteiger partial charge in [-0.1, -0.05) is 12.1 Å². The molecule has 0 atom stereocenters. The summed E-state index contributed by atoms with van der Waals surface area (Å²) in [4.78, 5) is 0. The Morgan fingerprint density at radius 2 is 2.20 bits per heavy atom. The molecule has 1 heterocycles. The molecule has 5 heteroatoms. The highest BCUT2D eigenvalue weighted by Crippen LogP contribution is 2.36. The first kappa shape index (κ1) is 8.40. The first-order valence-corrected chi connectivity index (χ1v) is 4.98. The van der Waals surface area contributed by atoms with Gasteiger partial charge >= 0.3 is 0 Å². The van der Waals surface area contributed by atoms with Gasteiger partial charge < -0.3 is 5.73 Å². The van der Waals surface area contributed by atoms with Crippen molar-refractivity contribution in [2.24, 2.45) is 0 Å². The summed E-state index contributed by atoms with van der Waals surface area (Å²) in [5.41, 5.74) is 7.44. The second-order valence-corrected chi connectivity index (χ2v) is 3.80. The van der Waals surface area contributed by atoms with E-state index in [9.17, 15) is 0 Å². The summed E-state index contributed by atoms with van der Waals surface area (Å²) in [6, 6.07) is 8.12. The van der Waals surface area contributed by atoms with Crippen molar-refractivity contribution < 1.29 is 0 Å². The van der Waals surface area contributed by atoms with Gasteiger partial charge in [0.15, 0.2) is 5.82 Å². The van der Waals surface area contributed by atoms with Crippen LogP contribution in [0.1, 0.15) is 18.9 Å². The summed E-state index contributed by atoms with van der Waals surface area (Å²) in [5, 5.41) is 11.7. The monoisotopic (exact) mass is 201 g/mol. The average molecular weight is 201 g/mol. The van der Waals surface area contributed by atoms with Crippen LogP contribution in [0.25, 0.3) is 11.4 Å². The van der Waals surface area contributed by atoms with E-state index in [2.05, 4.69) is 15.5 Å². The molecule has 1 aromatic carbocycles. The molecule has 0 spiro atoms. The largest absolute Gasteiger partial charge is 0.399 e. The minimum absolute atomic E-state index is 0.483. The van der Waals surface area contributed by atoms with Crippen molar-refractivity contribution >= 4 is 5.69 Å². The van der Waals surface area contributed by atoms with Crippen molar-refractivity contribution in [2.75, 3.05) is 5.73 Å². The van der Waals surface area contributed by atoms with Crippen molar-refractivity contribution in [3.8, 4) is 11.4 Å². The molecule has 0 saturated heterocycles. The van der Waals surface area contributed by atoms with Crippen LogP contribution >= 0.6 is 0 Å². The van der Waals surface area contributed by atoms with Crippen molar-refractivity contribution in [3.05, 3.63) is 24.3 Å². The minimum atomic E-state index is 0.483. The Hall–Kier alpha value is -1.91. The molecule has 76 valence electrons. The van der Waals surface area contributed by atoms with Gasteiger partial charge in [-0.2, -0.15) is 0 Å². The number of hydrogen-bond acceptors (Lipinski definition) is 4. The number of rotatable bonds is 2. The maximum absolute atomic E-state index is 5.73. The normalized spacial score (nSPS) is 15.5. The molecule has 0 aliphatic heterocycles. The Morgan fingerprint density at radius 3 is 2.93 bits per heavy atom. The number of hydrogen-bond donors (Lipinski definition) is 1. The molecule has 15 heavy (non-hydrogen) atoms. The predicted octanol–water partition coefficient (Wildman–Crippen LogP) is 1.26. The van der Waals surface area contributed by atoms with E-state index in [0.29, 0.717) is 6.04 Å². The molecule has 2 aromatic rings. The lowest BCUT2D eigenvalue weighted by atomic mass is 10.2. The van der Waals surface area contributed by atoms with Gasteiger partial charge in [0, 0.05) is 11.3 Å². The average Bonchev–Trinajstić information content (AvgIpc) is 2.96. The maximum atomic E-state index is 5.73. The fourth-order valence-electron chi connectivity index (χ4n) is 1.63. The van der Waals surface area contributed by atoms with Crippen molar-refractivity contribution in [2.45, 2.75) is 18.9 Å². The highest BCUT2D eigenvalue weighted by atomic mass is 15.6. The Labute approximate surface area is 86.9 Å². The van der Waals surface area contributed by atoms with Gasteiger partial charge in [-0.3, -0.25) is 0 Å². The van der Waals surface area contributed by atoms with Crippen LogP contribution in [0, 0.1) is 0 Å². The smallest absolute Gasteiger partial charge is 0.182 e. The van der Waals surface area contributed by atoms with Crippen LogP contribution in [-0.2, 0) is 0 Å². The molecule has 0 radical (unpaired) electrons. The third-order valence-electron chi connectivity index (χ3n) is 2.53. The third-order valence-corrected chi connectivity index (χ3v) is 2.53. The van der Waals surface area contributed by atoms with Crippen LogP contribution in [0.3, 0.4) is 0 Å². The van der Waals surface area contributed by atoms with Gasteiger partial charge in [0.05, 0.1) is 6.04 Å². The molecule has 1 fully saturated rings. The summed E-state index contributed by atoms with van der Waals surface area (Å²) in [7, 11) is 0. The summed E-state index contributed by atoms with van der Waals surface area (Å²) in [5.74, 6) is 0.810. The van der Waals surface area contributed by atoms with Gasteiger partial charge in [0.2, 0.25) is 0 Å². The molecule has 1 aliphatic rings. The van der Waals surface area contributed by atoms with E-state index in [4.69, 9.17) is 5.73 Å². The van der Waals surface area contributed by atoms with Crippen LogP contribution in [0.5, 0.6) is 0 Å². The molecule has 3 rings (SSSR count). The number of nitrogen functional groups attached to an aromatic ring is 1. The topological polar surface area (TPSA) is 69.6 Å². The molecular weight excluding hydrogens is 190 g/mol. The van der Waals surface area contributed by atoms with E-state index in [1.54, 1.807) is 0 Å². The van der Waals surface area contributed by atoms with Crippen LogP contribution < -0.4 is 5.73 Å². The number of benzene rings is 1. The molecule has 2 N–H and O–H groups in total. The Kier molecular flexibility index (Phi) is 1.71. The molecular formula is C10H11N5. The summed E-state index contributed by atoms with van der Waals surface area (Å²) in [6.07, 6.45) is 2.33. The first-order chi connectivity index (χ1) is 7.34. The number of aromatic nitrogens is 4.